The molecule has 1 aromatic carbocycles. The van der Waals surface area contributed by atoms with Crippen LogP contribution in [-0.4, -0.2) is 49.5 Å². The second kappa shape index (κ2) is 7.74. The fourth-order valence-electron chi connectivity index (χ4n) is 2.35. The van der Waals surface area contributed by atoms with Gasteiger partial charge in [0, 0.05) is 31.3 Å². The van der Waals surface area contributed by atoms with Gasteiger partial charge in [-0.3, -0.25) is 14.9 Å². The Hall–Kier alpha value is -2.15. The molecule has 0 radical (unpaired) electrons. The molecule has 122 valence electrons. The lowest BCUT2D eigenvalue weighted by Crippen LogP contribution is -2.43. The van der Waals surface area contributed by atoms with E-state index in [4.69, 9.17) is 0 Å². The summed E-state index contributed by atoms with van der Waals surface area (Å²) in [6.07, 6.45) is 0. The molecule has 0 aliphatic rings. The first kappa shape index (κ1) is 17.9. The minimum absolute atomic E-state index is 0.108. The van der Waals surface area contributed by atoms with Crippen LogP contribution in [0.5, 0.6) is 0 Å². The first-order valence-corrected chi connectivity index (χ1v) is 7.18. The Morgan fingerprint density at radius 1 is 1.36 bits per heavy atom. The highest BCUT2D eigenvalue weighted by atomic mass is 16.6. The summed E-state index contributed by atoms with van der Waals surface area (Å²) in [4.78, 5) is 24.8. The number of likely N-dealkylation sites (N-methyl/N-ethyl adjacent to an activating group) is 1. The number of amides is 1. The highest BCUT2D eigenvalue weighted by Crippen LogP contribution is 2.24. The van der Waals surface area contributed by atoms with Crippen molar-refractivity contribution in [3.63, 3.8) is 0 Å². The smallest absolute Gasteiger partial charge is 0.293 e. The topological polar surface area (TPSA) is 87.5 Å². The SMILES string of the molecule is CNc1ccc(C(=O)NCC(C(C)C)N(C)C)cc1[N+](=O)[O-]. The Labute approximate surface area is 130 Å². The van der Waals surface area contributed by atoms with Crippen molar-refractivity contribution in [1.29, 1.82) is 0 Å². The van der Waals surface area contributed by atoms with Gasteiger partial charge in [0.25, 0.3) is 11.6 Å². The molecule has 22 heavy (non-hydrogen) atoms. The summed E-state index contributed by atoms with van der Waals surface area (Å²) in [5.74, 6) is 0.0783. The quantitative estimate of drug-likeness (QED) is 0.594. The third kappa shape index (κ3) is 4.42. The molecule has 0 saturated heterocycles. The predicted octanol–water partition coefficient (Wildman–Crippen LogP) is 1.95. The fraction of sp³-hybridized carbons (Fsp3) is 0.533. The zero-order chi connectivity index (χ0) is 16.9. The zero-order valence-corrected chi connectivity index (χ0v) is 13.7. The number of carbonyl (C=O) groups excluding carboxylic acids is 1. The number of hydrogen-bond acceptors (Lipinski definition) is 5. The highest BCUT2D eigenvalue weighted by molar-refractivity contribution is 5.95. The van der Waals surface area contributed by atoms with Crippen LogP contribution < -0.4 is 10.6 Å². The molecule has 7 heteroatoms. The van der Waals surface area contributed by atoms with Gasteiger partial charge in [-0.25, -0.2) is 0 Å². The second-order valence-corrected chi connectivity index (χ2v) is 5.72. The lowest BCUT2D eigenvalue weighted by atomic mass is 10.0. The Morgan fingerprint density at radius 2 is 2.00 bits per heavy atom. The van der Waals surface area contributed by atoms with Gasteiger partial charge >= 0.3 is 0 Å². The number of nitro groups is 1. The number of hydrogen-bond donors (Lipinski definition) is 2. The monoisotopic (exact) mass is 308 g/mol. The average Bonchev–Trinajstić information content (AvgIpc) is 2.45. The molecular weight excluding hydrogens is 284 g/mol. The maximum atomic E-state index is 12.2. The van der Waals surface area contributed by atoms with Gasteiger partial charge in [-0.1, -0.05) is 13.8 Å². The molecule has 0 saturated carbocycles. The standard InChI is InChI=1S/C15H24N4O3/c1-10(2)14(18(4)5)9-17-15(20)11-6-7-12(16-3)13(8-11)19(21)22/h6-8,10,14,16H,9H2,1-5H3,(H,17,20). The van der Waals surface area contributed by atoms with Crippen LogP contribution in [0, 0.1) is 16.0 Å². The molecule has 0 aliphatic heterocycles. The van der Waals surface area contributed by atoms with Crippen molar-refractivity contribution in [2.75, 3.05) is 33.0 Å². The van der Waals surface area contributed by atoms with E-state index in [0.717, 1.165) is 0 Å². The Kier molecular flexibility index (Phi) is 6.30. The summed E-state index contributed by atoms with van der Waals surface area (Å²) >= 11 is 0. The van der Waals surface area contributed by atoms with Gasteiger partial charge in [0.05, 0.1) is 4.92 Å². The van der Waals surface area contributed by atoms with E-state index in [-0.39, 0.29) is 23.2 Å². The van der Waals surface area contributed by atoms with E-state index in [1.807, 2.05) is 14.1 Å². The van der Waals surface area contributed by atoms with Crippen LogP contribution in [0.15, 0.2) is 18.2 Å². The number of rotatable bonds is 7. The molecule has 0 heterocycles. The van der Waals surface area contributed by atoms with Crippen molar-refractivity contribution < 1.29 is 9.72 Å². The first-order valence-electron chi connectivity index (χ1n) is 7.18. The fourth-order valence-corrected chi connectivity index (χ4v) is 2.35. The van der Waals surface area contributed by atoms with Crippen molar-refractivity contribution in [2.45, 2.75) is 19.9 Å². The molecule has 0 bridgehead atoms. The summed E-state index contributed by atoms with van der Waals surface area (Å²) in [5, 5.41) is 16.6. The Morgan fingerprint density at radius 3 is 2.45 bits per heavy atom. The summed E-state index contributed by atoms with van der Waals surface area (Å²) in [6.45, 7) is 4.66. The Balaban J connectivity index is 2.86. The molecule has 1 aromatic rings. The van der Waals surface area contributed by atoms with Gasteiger partial charge in [0.2, 0.25) is 0 Å². The Bertz CT molecular complexity index is 536. The maximum Gasteiger partial charge on any atom is 0.293 e. The second-order valence-electron chi connectivity index (χ2n) is 5.72. The van der Waals surface area contributed by atoms with Crippen LogP contribution in [0.3, 0.4) is 0 Å². The summed E-state index contributed by atoms with van der Waals surface area (Å²) in [7, 11) is 5.53. The van der Waals surface area contributed by atoms with E-state index in [9.17, 15) is 14.9 Å². The van der Waals surface area contributed by atoms with Crippen LogP contribution >= 0.6 is 0 Å². The normalized spacial score (nSPS) is 12.3. The number of nitrogens with zero attached hydrogens (tertiary/aromatic N) is 2. The summed E-state index contributed by atoms with van der Waals surface area (Å²) < 4.78 is 0. The molecular formula is C15H24N4O3. The minimum atomic E-state index is -0.501. The number of nitrogens with one attached hydrogen (secondary N) is 2. The summed E-state index contributed by atoms with van der Waals surface area (Å²) in [6, 6.07) is 4.62. The molecule has 0 aromatic heterocycles. The van der Waals surface area contributed by atoms with Gasteiger partial charge < -0.3 is 15.5 Å². The number of benzene rings is 1. The van der Waals surface area contributed by atoms with Gasteiger partial charge in [0.1, 0.15) is 5.69 Å². The molecule has 1 unspecified atom stereocenters. The van der Waals surface area contributed by atoms with Crippen LogP contribution in [0.2, 0.25) is 0 Å². The molecule has 1 rings (SSSR count). The van der Waals surface area contributed by atoms with E-state index in [1.54, 1.807) is 19.2 Å². The maximum absolute atomic E-state index is 12.2. The van der Waals surface area contributed by atoms with Crippen LogP contribution in [0.25, 0.3) is 0 Å². The van der Waals surface area contributed by atoms with Gasteiger partial charge in [-0.15, -0.1) is 0 Å². The van der Waals surface area contributed by atoms with Gasteiger partial charge in [0.15, 0.2) is 0 Å². The molecule has 1 amide bonds. The van der Waals surface area contributed by atoms with E-state index in [1.165, 1.54) is 6.07 Å². The lowest BCUT2D eigenvalue weighted by molar-refractivity contribution is -0.384. The van der Waals surface area contributed by atoms with Crippen molar-refractivity contribution in [3.8, 4) is 0 Å². The molecule has 0 spiro atoms. The average molecular weight is 308 g/mol. The first-order chi connectivity index (χ1) is 10.3. The van der Waals surface area contributed by atoms with Gasteiger partial charge in [-0.2, -0.15) is 0 Å². The number of carbonyl (C=O) groups is 1. The third-order valence-electron chi connectivity index (χ3n) is 3.63. The van der Waals surface area contributed by atoms with E-state index >= 15 is 0 Å². The minimum Gasteiger partial charge on any atom is -0.383 e. The van der Waals surface area contributed by atoms with Crippen molar-refractivity contribution >= 4 is 17.3 Å². The molecule has 0 aliphatic carbocycles. The van der Waals surface area contributed by atoms with Crippen molar-refractivity contribution in [1.82, 2.24) is 10.2 Å². The zero-order valence-electron chi connectivity index (χ0n) is 13.7. The van der Waals surface area contributed by atoms with E-state index < -0.39 is 4.92 Å². The third-order valence-corrected chi connectivity index (χ3v) is 3.63. The summed E-state index contributed by atoms with van der Waals surface area (Å²) in [5.41, 5.74) is 0.560. The van der Waals surface area contributed by atoms with Gasteiger partial charge in [-0.05, 0) is 32.1 Å². The van der Waals surface area contributed by atoms with Crippen LogP contribution in [0.4, 0.5) is 11.4 Å². The van der Waals surface area contributed by atoms with Crippen molar-refractivity contribution in [2.24, 2.45) is 5.92 Å². The van der Waals surface area contributed by atoms with Crippen LogP contribution in [0.1, 0.15) is 24.2 Å². The number of nitro benzene ring substituents is 1. The largest absolute Gasteiger partial charge is 0.383 e. The molecule has 7 nitrogen and oxygen atoms in total. The number of anilines is 1. The molecule has 2 N–H and O–H groups in total. The molecule has 1 atom stereocenters. The van der Waals surface area contributed by atoms with E-state index in [0.29, 0.717) is 18.2 Å². The molecule has 0 fully saturated rings. The van der Waals surface area contributed by atoms with E-state index in [2.05, 4.69) is 29.4 Å². The lowest BCUT2D eigenvalue weighted by Gasteiger charge is -2.28. The van der Waals surface area contributed by atoms with Crippen molar-refractivity contribution in [3.05, 3.63) is 33.9 Å². The van der Waals surface area contributed by atoms with Crippen LogP contribution in [-0.2, 0) is 0 Å². The highest BCUT2D eigenvalue weighted by Gasteiger charge is 2.19. The predicted molar refractivity (Wildman–Crippen MR) is 87.3 cm³/mol.